The number of fused-ring (bicyclic) bond motifs is 1. The van der Waals surface area contributed by atoms with Gasteiger partial charge in [-0.25, -0.2) is 0 Å². The zero-order chi connectivity index (χ0) is 15.2. The van der Waals surface area contributed by atoms with Crippen molar-refractivity contribution in [3.05, 3.63) is 66.7 Å². The van der Waals surface area contributed by atoms with Gasteiger partial charge in [0.25, 0.3) is 0 Å². The average molecular weight is 292 g/mol. The van der Waals surface area contributed by atoms with Gasteiger partial charge in [-0.15, -0.1) is 0 Å². The third-order valence-corrected chi connectivity index (χ3v) is 3.26. The highest BCUT2D eigenvalue weighted by Gasteiger charge is 2.03. The Morgan fingerprint density at radius 3 is 2.77 bits per heavy atom. The number of pyridine rings is 2. The third-order valence-electron chi connectivity index (χ3n) is 3.26. The summed E-state index contributed by atoms with van der Waals surface area (Å²) < 4.78 is 0. The van der Waals surface area contributed by atoms with Crippen molar-refractivity contribution in [1.82, 2.24) is 15.3 Å². The number of anilines is 1. The highest BCUT2D eigenvalue weighted by atomic mass is 16.1. The van der Waals surface area contributed by atoms with E-state index in [4.69, 9.17) is 0 Å². The maximum absolute atomic E-state index is 11.9. The molecule has 2 heterocycles. The van der Waals surface area contributed by atoms with Crippen LogP contribution < -0.4 is 10.6 Å². The van der Waals surface area contributed by atoms with Crippen LogP contribution in [0.15, 0.2) is 61.2 Å². The van der Waals surface area contributed by atoms with Crippen LogP contribution >= 0.6 is 0 Å². The molecule has 0 unspecified atom stereocenters. The molecule has 0 saturated heterocycles. The quantitative estimate of drug-likeness (QED) is 0.757. The molecule has 0 aliphatic carbocycles. The first-order valence-corrected chi connectivity index (χ1v) is 7.04. The van der Waals surface area contributed by atoms with Crippen molar-refractivity contribution in [2.75, 3.05) is 11.9 Å². The van der Waals surface area contributed by atoms with Crippen molar-refractivity contribution in [2.45, 2.75) is 6.54 Å². The van der Waals surface area contributed by atoms with Crippen LogP contribution in [0, 0.1) is 0 Å². The Kier molecular flexibility index (Phi) is 4.36. The molecule has 3 aromatic rings. The van der Waals surface area contributed by atoms with E-state index in [2.05, 4.69) is 20.6 Å². The number of nitrogens with one attached hydrogen (secondary N) is 2. The third kappa shape index (κ3) is 3.65. The van der Waals surface area contributed by atoms with E-state index in [0.29, 0.717) is 6.54 Å². The molecule has 0 aliphatic rings. The number of carbonyl (C=O) groups is 1. The van der Waals surface area contributed by atoms with E-state index < -0.39 is 0 Å². The maximum Gasteiger partial charge on any atom is 0.238 e. The highest BCUT2D eigenvalue weighted by molar-refractivity contribution is 5.95. The van der Waals surface area contributed by atoms with Gasteiger partial charge in [0.15, 0.2) is 0 Å². The van der Waals surface area contributed by atoms with Crippen molar-refractivity contribution in [2.24, 2.45) is 0 Å². The summed E-state index contributed by atoms with van der Waals surface area (Å²) in [4.78, 5) is 20.0. The second-order valence-electron chi connectivity index (χ2n) is 4.95. The lowest BCUT2D eigenvalue weighted by molar-refractivity contribution is -0.115. The van der Waals surface area contributed by atoms with Crippen LogP contribution in [-0.4, -0.2) is 22.4 Å². The Bertz CT molecular complexity index is 774. The van der Waals surface area contributed by atoms with Gasteiger partial charge < -0.3 is 10.6 Å². The van der Waals surface area contributed by atoms with Crippen LogP contribution in [0.25, 0.3) is 10.8 Å². The summed E-state index contributed by atoms with van der Waals surface area (Å²) >= 11 is 0. The normalized spacial score (nSPS) is 10.5. The van der Waals surface area contributed by atoms with Crippen molar-refractivity contribution in [1.29, 1.82) is 0 Å². The Morgan fingerprint density at radius 1 is 1.00 bits per heavy atom. The van der Waals surface area contributed by atoms with Gasteiger partial charge in [-0.1, -0.05) is 12.1 Å². The molecule has 0 atom stereocenters. The fraction of sp³-hybridized carbons (Fsp3) is 0.118. The molecular weight excluding hydrogens is 276 g/mol. The number of carbonyl (C=O) groups excluding carboxylic acids is 1. The summed E-state index contributed by atoms with van der Waals surface area (Å²) in [6.07, 6.45) is 7.05. The lowest BCUT2D eigenvalue weighted by atomic mass is 10.1. The minimum absolute atomic E-state index is 0.0719. The average Bonchev–Trinajstić information content (AvgIpc) is 2.56. The van der Waals surface area contributed by atoms with Gasteiger partial charge in [0.1, 0.15) is 0 Å². The number of amides is 1. The molecule has 0 bridgehead atoms. The van der Waals surface area contributed by atoms with Gasteiger partial charge >= 0.3 is 0 Å². The Hall–Kier alpha value is -2.79. The molecule has 0 aliphatic heterocycles. The molecule has 2 N–H and O–H groups in total. The zero-order valence-electron chi connectivity index (χ0n) is 12.0. The summed E-state index contributed by atoms with van der Waals surface area (Å²) in [5.74, 6) is -0.0719. The Balaban J connectivity index is 1.54. The van der Waals surface area contributed by atoms with Crippen LogP contribution in [0.4, 0.5) is 5.69 Å². The van der Waals surface area contributed by atoms with Gasteiger partial charge in [0.2, 0.25) is 5.91 Å². The fourth-order valence-corrected chi connectivity index (χ4v) is 2.19. The smallest absolute Gasteiger partial charge is 0.238 e. The van der Waals surface area contributed by atoms with E-state index in [0.717, 1.165) is 22.0 Å². The number of nitrogens with zero attached hydrogens (tertiary/aromatic N) is 2. The van der Waals surface area contributed by atoms with Crippen molar-refractivity contribution < 1.29 is 4.79 Å². The van der Waals surface area contributed by atoms with E-state index in [1.165, 1.54) is 0 Å². The van der Waals surface area contributed by atoms with Crippen molar-refractivity contribution >= 4 is 22.4 Å². The SMILES string of the molecule is O=C(CNCc1cccnc1)Nc1ccc2cnccc2c1. The summed E-state index contributed by atoms with van der Waals surface area (Å²) in [7, 11) is 0. The van der Waals surface area contributed by atoms with Gasteiger partial charge in [-0.05, 0) is 35.2 Å². The lowest BCUT2D eigenvalue weighted by Gasteiger charge is -2.07. The molecular formula is C17H16N4O. The largest absolute Gasteiger partial charge is 0.325 e. The van der Waals surface area contributed by atoms with E-state index in [1.54, 1.807) is 24.8 Å². The minimum Gasteiger partial charge on any atom is -0.325 e. The van der Waals surface area contributed by atoms with Crippen LogP contribution in [0.2, 0.25) is 0 Å². The molecule has 1 amide bonds. The molecule has 2 aromatic heterocycles. The monoisotopic (exact) mass is 292 g/mol. The molecule has 1 aromatic carbocycles. The molecule has 5 nitrogen and oxygen atoms in total. The first-order valence-electron chi connectivity index (χ1n) is 7.04. The second kappa shape index (κ2) is 6.78. The number of hydrogen-bond acceptors (Lipinski definition) is 4. The number of hydrogen-bond donors (Lipinski definition) is 2. The number of rotatable bonds is 5. The van der Waals surface area contributed by atoms with E-state index in [9.17, 15) is 4.79 Å². The maximum atomic E-state index is 11.9. The molecule has 0 radical (unpaired) electrons. The van der Waals surface area contributed by atoms with Crippen LogP contribution in [0.1, 0.15) is 5.56 Å². The highest BCUT2D eigenvalue weighted by Crippen LogP contribution is 2.17. The number of benzene rings is 1. The second-order valence-corrected chi connectivity index (χ2v) is 4.95. The van der Waals surface area contributed by atoms with Gasteiger partial charge in [0, 0.05) is 42.4 Å². The molecule has 0 saturated carbocycles. The topological polar surface area (TPSA) is 66.9 Å². The first kappa shape index (κ1) is 14.2. The predicted octanol–water partition coefficient (Wildman–Crippen LogP) is 2.36. The standard InChI is InChI=1S/C17H16N4O/c22-17(12-20-10-13-2-1-6-18-9-13)21-16-4-3-15-11-19-7-5-14(15)8-16/h1-9,11,20H,10,12H2,(H,21,22). The van der Waals surface area contributed by atoms with Crippen LogP contribution in [-0.2, 0) is 11.3 Å². The van der Waals surface area contributed by atoms with Crippen LogP contribution in [0.3, 0.4) is 0 Å². The van der Waals surface area contributed by atoms with E-state index in [-0.39, 0.29) is 12.5 Å². The Morgan fingerprint density at radius 2 is 1.91 bits per heavy atom. The fourth-order valence-electron chi connectivity index (χ4n) is 2.19. The van der Waals surface area contributed by atoms with E-state index >= 15 is 0 Å². The van der Waals surface area contributed by atoms with Gasteiger partial charge in [0.05, 0.1) is 6.54 Å². The number of aromatic nitrogens is 2. The molecule has 110 valence electrons. The summed E-state index contributed by atoms with van der Waals surface area (Å²) in [6.45, 7) is 0.869. The Labute approximate surface area is 128 Å². The molecule has 3 rings (SSSR count). The molecule has 22 heavy (non-hydrogen) atoms. The lowest BCUT2D eigenvalue weighted by Crippen LogP contribution is -2.27. The summed E-state index contributed by atoms with van der Waals surface area (Å²) in [5, 5.41) is 8.08. The van der Waals surface area contributed by atoms with Gasteiger partial charge in [-0.2, -0.15) is 0 Å². The predicted molar refractivity (Wildman–Crippen MR) is 86.3 cm³/mol. The van der Waals surface area contributed by atoms with Crippen LogP contribution in [0.5, 0.6) is 0 Å². The zero-order valence-corrected chi connectivity index (χ0v) is 12.0. The van der Waals surface area contributed by atoms with E-state index in [1.807, 2.05) is 36.4 Å². The van der Waals surface area contributed by atoms with Crippen molar-refractivity contribution in [3.63, 3.8) is 0 Å². The molecule has 0 fully saturated rings. The molecule has 0 spiro atoms. The minimum atomic E-state index is -0.0719. The summed E-state index contributed by atoms with van der Waals surface area (Å²) in [5.41, 5.74) is 1.83. The molecule has 5 heteroatoms. The van der Waals surface area contributed by atoms with Gasteiger partial charge in [-0.3, -0.25) is 14.8 Å². The first-order chi connectivity index (χ1) is 10.8. The van der Waals surface area contributed by atoms with Crippen molar-refractivity contribution in [3.8, 4) is 0 Å². The summed E-state index contributed by atoms with van der Waals surface area (Å²) in [6, 6.07) is 11.5.